The lowest BCUT2D eigenvalue weighted by atomic mass is 10.1. The maximum Gasteiger partial charge on any atom is 0.311 e. The third kappa shape index (κ3) is 4.17. The Labute approximate surface area is 132 Å². The molecule has 7 heteroatoms. The molecule has 0 saturated heterocycles. The van der Waals surface area contributed by atoms with Gasteiger partial charge >= 0.3 is 5.69 Å². The number of halogens is 1. The van der Waals surface area contributed by atoms with Gasteiger partial charge in [-0.15, -0.1) is 0 Å². The lowest BCUT2D eigenvalue weighted by Crippen LogP contribution is -2.13. The number of nitrogens with zero attached hydrogens (tertiary/aromatic N) is 1. The number of anilines is 1. The van der Waals surface area contributed by atoms with Crippen molar-refractivity contribution >= 4 is 11.4 Å². The predicted molar refractivity (Wildman–Crippen MR) is 84.1 cm³/mol. The SMILES string of the molecule is CCOc1cc(NCC(O)c2ccccc2F)ccc1[N+](=O)[O-]. The number of ether oxygens (including phenoxy) is 1. The van der Waals surface area contributed by atoms with Crippen molar-refractivity contribution in [2.24, 2.45) is 0 Å². The Morgan fingerprint density at radius 1 is 1.35 bits per heavy atom. The Kier molecular flexibility index (Phi) is 5.48. The minimum Gasteiger partial charge on any atom is -0.487 e. The number of hydrogen-bond donors (Lipinski definition) is 2. The number of nitrogens with one attached hydrogen (secondary N) is 1. The average molecular weight is 320 g/mol. The van der Waals surface area contributed by atoms with Crippen LogP contribution in [0.2, 0.25) is 0 Å². The largest absolute Gasteiger partial charge is 0.487 e. The molecule has 0 amide bonds. The summed E-state index contributed by atoms with van der Waals surface area (Å²) < 4.78 is 18.8. The second kappa shape index (κ2) is 7.55. The van der Waals surface area contributed by atoms with Crippen LogP contribution in [0.4, 0.5) is 15.8 Å². The van der Waals surface area contributed by atoms with E-state index < -0.39 is 16.8 Å². The number of nitro benzene ring substituents is 1. The summed E-state index contributed by atoms with van der Waals surface area (Å²) in [6, 6.07) is 10.3. The van der Waals surface area contributed by atoms with E-state index in [1.165, 1.54) is 30.3 Å². The number of rotatable bonds is 7. The van der Waals surface area contributed by atoms with E-state index in [0.717, 1.165) is 0 Å². The van der Waals surface area contributed by atoms with Gasteiger partial charge in [-0.05, 0) is 19.1 Å². The molecule has 2 rings (SSSR count). The molecular formula is C16H17FN2O4. The van der Waals surface area contributed by atoms with Crippen molar-refractivity contribution in [1.29, 1.82) is 0 Å². The van der Waals surface area contributed by atoms with Gasteiger partial charge in [-0.3, -0.25) is 10.1 Å². The number of benzene rings is 2. The molecule has 2 aromatic rings. The number of nitro groups is 1. The highest BCUT2D eigenvalue weighted by Crippen LogP contribution is 2.30. The van der Waals surface area contributed by atoms with Crippen molar-refractivity contribution in [3.63, 3.8) is 0 Å². The van der Waals surface area contributed by atoms with Gasteiger partial charge in [0, 0.05) is 29.9 Å². The summed E-state index contributed by atoms with van der Waals surface area (Å²) in [5.41, 5.74) is 0.591. The Hall–Kier alpha value is -2.67. The molecule has 0 fully saturated rings. The minimum atomic E-state index is -1.04. The molecule has 0 aromatic heterocycles. The van der Waals surface area contributed by atoms with E-state index in [2.05, 4.69) is 5.32 Å². The van der Waals surface area contributed by atoms with E-state index in [-0.39, 0.29) is 23.5 Å². The molecule has 0 radical (unpaired) electrons. The van der Waals surface area contributed by atoms with Crippen LogP contribution in [-0.4, -0.2) is 23.2 Å². The number of hydrogen-bond acceptors (Lipinski definition) is 5. The number of aliphatic hydroxyl groups excluding tert-OH is 1. The monoisotopic (exact) mass is 320 g/mol. The van der Waals surface area contributed by atoms with Gasteiger partial charge in [-0.2, -0.15) is 0 Å². The first-order chi connectivity index (χ1) is 11.0. The van der Waals surface area contributed by atoms with Gasteiger partial charge in [0.05, 0.1) is 17.6 Å². The minimum absolute atomic E-state index is 0.0598. The smallest absolute Gasteiger partial charge is 0.311 e. The van der Waals surface area contributed by atoms with Crippen LogP contribution in [0.25, 0.3) is 0 Å². The van der Waals surface area contributed by atoms with Crippen LogP contribution in [0.5, 0.6) is 5.75 Å². The zero-order chi connectivity index (χ0) is 16.8. The highest BCUT2D eigenvalue weighted by Gasteiger charge is 2.16. The lowest BCUT2D eigenvalue weighted by Gasteiger charge is -2.14. The lowest BCUT2D eigenvalue weighted by molar-refractivity contribution is -0.385. The van der Waals surface area contributed by atoms with Gasteiger partial charge in [0.2, 0.25) is 0 Å². The fraction of sp³-hybridized carbons (Fsp3) is 0.250. The zero-order valence-corrected chi connectivity index (χ0v) is 12.5. The second-order valence-corrected chi connectivity index (χ2v) is 4.79. The zero-order valence-electron chi connectivity index (χ0n) is 12.5. The van der Waals surface area contributed by atoms with Gasteiger partial charge in [0.1, 0.15) is 5.82 Å². The van der Waals surface area contributed by atoms with Crippen LogP contribution in [0.3, 0.4) is 0 Å². The molecule has 2 aromatic carbocycles. The van der Waals surface area contributed by atoms with E-state index in [1.54, 1.807) is 19.1 Å². The molecule has 2 N–H and O–H groups in total. The molecule has 0 aliphatic heterocycles. The van der Waals surface area contributed by atoms with E-state index >= 15 is 0 Å². The maximum atomic E-state index is 13.6. The van der Waals surface area contributed by atoms with Gasteiger partial charge in [0.25, 0.3) is 0 Å². The fourth-order valence-corrected chi connectivity index (χ4v) is 2.12. The molecular weight excluding hydrogens is 303 g/mol. The van der Waals surface area contributed by atoms with Gasteiger partial charge in [-0.25, -0.2) is 4.39 Å². The highest BCUT2D eigenvalue weighted by molar-refractivity contribution is 5.58. The van der Waals surface area contributed by atoms with Crippen LogP contribution in [0.15, 0.2) is 42.5 Å². The summed E-state index contributed by atoms with van der Waals surface area (Å²) in [4.78, 5) is 10.4. The van der Waals surface area contributed by atoms with Crippen molar-refractivity contribution in [1.82, 2.24) is 0 Å². The Bertz CT molecular complexity index is 694. The van der Waals surface area contributed by atoms with E-state index in [4.69, 9.17) is 4.74 Å². The molecule has 0 bridgehead atoms. The molecule has 0 aliphatic rings. The van der Waals surface area contributed by atoms with E-state index in [0.29, 0.717) is 12.3 Å². The van der Waals surface area contributed by atoms with Gasteiger partial charge in [0.15, 0.2) is 5.75 Å². The van der Waals surface area contributed by atoms with E-state index in [1.807, 2.05) is 0 Å². The molecule has 23 heavy (non-hydrogen) atoms. The molecule has 1 atom stereocenters. The third-order valence-electron chi connectivity index (χ3n) is 3.22. The molecule has 0 saturated carbocycles. The van der Waals surface area contributed by atoms with Gasteiger partial charge in [-0.1, -0.05) is 18.2 Å². The average Bonchev–Trinajstić information content (AvgIpc) is 2.53. The summed E-state index contributed by atoms with van der Waals surface area (Å²) in [5.74, 6) is -0.344. The van der Waals surface area contributed by atoms with Gasteiger partial charge < -0.3 is 15.2 Å². The van der Waals surface area contributed by atoms with Crippen molar-refractivity contribution in [2.75, 3.05) is 18.5 Å². The molecule has 0 aliphatic carbocycles. The first kappa shape index (κ1) is 16.7. The summed E-state index contributed by atoms with van der Waals surface area (Å²) in [6.45, 7) is 2.08. The molecule has 0 spiro atoms. The molecule has 1 unspecified atom stereocenters. The molecule has 6 nitrogen and oxygen atoms in total. The van der Waals surface area contributed by atoms with Crippen molar-refractivity contribution in [2.45, 2.75) is 13.0 Å². The normalized spacial score (nSPS) is 11.8. The van der Waals surface area contributed by atoms with Crippen LogP contribution in [-0.2, 0) is 0 Å². The molecule has 0 heterocycles. The van der Waals surface area contributed by atoms with Crippen molar-refractivity contribution < 1.29 is 19.2 Å². The summed E-state index contributed by atoms with van der Waals surface area (Å²) in [7, 11) is 0. The summed E-state index contributed by atoms with van der Waals surface area (Å²) in [6.07, 6.45) is -1.04. The standard InChI is InChI=1S/C16H17FN2O4/c1-2-23-16-9-11(7-8-14(16)19(21)22)18-10-15(20)12-5-3-4-6-13(12)17/h3-9,15,18,20H,2,10H2,1H3. The van der Waals surface area contributed by atoms with Crippen LogP contribution >= 0.6 is 0 Å². The first-order valence-corrected chi connectivity index (χ1v) is 7.10. The Morgan fingerprint density at radius 2 is 2.09 bits per heavy atom. The third-order valence-corrected chi connectivity index (χ3v) is 3.22. The van der Waals surface area contributed by atoms with E-state index in [9.17, 15) is 19.6 Å². The Morgan fingerprint density at radius 3 is 2.74 bits per heavy atom. The fourth-order valence-electron chi connectivity index (χ4n) is 2.12. The number of aliphatic hydroxyl groups is 1. The predicted octanol–water partition coefficient (Wildman–Crippen LogP) is 3.28. The van der Waals surface area contributed by atoms with Crippen molar-refractivity contribution in [3.05, 3.63) is 64.0 Å². The Balaban J connectivity index is 2.10. The summed E-state index contributed by atoms with van der Waals surface area (Å²) >= 11 is 0. The van der Waals surface area contributed by atoms with Crippen molar-refractivity contribution in [3.8, 4) is 5.75 Å². The first-order valence-electron chi connectivity index (χ1n) is 7.10. The topological polar surface area (TPSA) is 84.6 Å². The van der Waals surface area contributed by atoms with Crippen LogP contribution in [0, 0.1) is 15.9 Å². The van der Waals surface area contributed by atoms with Crippen LogP contribution < -0.4 is 10.1 Å². The summed E-state index contributed by atoms with van der Waals surface area (Å²) in [5, 5.41) is 23.9. The molecule has 122 valence electrons. The quantitative estimate of drug-likeness (QED) is 0.604. The van der Waals surface area contributed by atoms with Crippen LogP contribution in [0.1, 0.15) is 18.6 Å². The second-order valence-electron chi connectivity index (χ2n) is 4.79. The highest BCUT2D eigenvalue weighted by atomic mass is 19.1. The maximum absolute atomic E-state index is 13.6.